The third kappa shape index (κ3) is 4.59. The summed E-state index contributed by atoms with van der Waals surface area (Å²) in [5.41, 5.74) is 3.54. The van der Waals surface area contributed by atoms with Gasteiger partial charge < -0.3 is 18.9 Å². The van der Waals surface area contributed by atoms with E-state index < -0.39 is 5.63 Å². The zero-order valence-electron chi connectivity index (χ0n) is 18.9. The molecule has 1 aliphatic rings. The number of morpholine rings is 1. The summed E-state index contributed by atoms with van der Waals surface area (Å²) in [5.74, 6) is -0.200. The highest BCUT2D eigenvalue weighted by Gasteiger charge is 2.18. The molecule has 2 aromatic heterocycles. The maximum atomic E-state index is 12.7. The molecule has 2 aromatic carbocycles. The van der Waals surface area contributed by atoms with Crippen LogP contribution in [-0.4, -0.2) is 50.2 Å². The van der Waals surface area contributed by atoms with Gasteiger partial charge in [0.15, 0.2) is 0 Å². The van der Waals surface area contributed by atoms with Crippen molar-refractivity contribution in [1.29, 1.82) is 0 Å². The predicted molar refractivity (Wildman–Crippen MR) is 131 cm³/mol. The lowest BCUT2D eigenvalue weighted by Gasteiger charge is -2.26. The second kappa shape index (κ2) is 9.62. The van der Waals surface area contributed by atoms with E-state index in [0.29, 0.717) is 28.3 Å². The highest BCUT2D eigenvalue weighted by Crippen LogP contribution is 2.35. The number of rotatable bonds is 6. The molecule has 1 saturated heterocycles. The van der Waals surface area contributed by atoms with Crippen molar-refractivity contribution in [2.75, 3.05) is 39.4 Å². The number of benzene rings is 2. The maximum absolute atomic E-state index is 12.7. The minimum absolute atomic E-state index is 0.0271. The van der Waals surface area contributed by atoms with Gasteiger partial charge >= 0.3 is 5.63 Å². The van der Waals surface area contributed by atoms with Crippen LogP contribution in [0.1, 0.15) is 11.1 Å². The molecule has 1 aliphatic heterocycles. The van der Waals surface area contributed by atoms with Crippen molar-refractivity contribution >= 4 is 39.4 Å². The number of nitrogens with zero attached hydrogens (tertiary/aromatic N) is 1. The molecule has 8 heteroatoms. The number of carbonyl (C=O) groups excluding carboxylic acids is 1. The quantitative estimate of drug-likeness (QED) is 0.417. The number of amides is 1. The Morgan fingerprint density at radius 3 is 2.62 bits per heavy atom. The van der Waals surface area contributed by atoms with Gasteiger partial charge in [0.05, 0.1) is 31.5 Å². The first-order valence-electron chi connectivity index (χ1n) is 11.3. The first-order chi connectivity index (χ1) is 16.5. The summed E-state index contributed by atoms with van der Waals surface area (Å²) in [4.78, 5) is 27.5. The smallest absolute Gasteiger partial charge is 0.340 e. The molecule has 0 unspecified atom stereocenters. The van der Waals surface area contributed by atoms with Gasteiger partial charge in [-0.25, -0.2) is 4.79 Å². The van der Waals surface area contributed by atoms with Crippen LogP contribution in [0.2, 0.25) is 5.02 Å². The summed E-state index contributed by atoms with van der Waals surface area (Å²) in [7, 11) is 0. The molecular formula is C26H25ClN2O5. The topological polar surface area (TPSA) is 84.9 Å². The van der Waals surface area contributed by atoms with Crippen LogP contribution in [-0.2, 0) is 16.0 Å². The summed E-state index contributed by atoms with van der Waals surface area (Å²) < 4.78 is 16.7. The Labute approximate surface area is 201 Å². The van der Waals surface area contributed by atoms with Crippen LogP contribution in [0.3, 0.4) is 0 Å². The minimum Gasteiger partial charge on any atom is -0.464 e. The molecule has 0 saturated carbocycles. The standard InChI is InChI=1S/C26H25ClN2O5/c1-16-19-12-21-22(17-2-4-18(27)5-3-17)15-33-23(21)14-24(19)34-26(31)20(16)13-25(30)28-6-7-29-8-10-32-11-9-29/h2-5,12,14-15H,6-11,13H2,1H3,(H,28,30). The fourth-order valence-corrected chi connectivity index (χ4v) is 4.49. The normalized spacial score (nSPS) is 14.6. The first-order valence-corrected chi connectivity index (χ1v) is 11.7. The van der Waals surface area contributed by atoms with Crippen molar-refractivity contribution in [2.45, 2.75) is 13.3 Å². The summed E-state index contributed by atoms with van der Waals surface area (Å²) in [5, 5.41) is 5.25. The molecule has 0 spiro atoms. The number of nitrogens with one attached hydrogen (secondary N) is 1. The van der Waals surface area contributed by atoms with E-state index in [2.05, 4.69) is 10.2 Å². The molecular weight excluding hydrogens is 456 g/mol. The van der Waals surface area contributed by atoms with E-state index in [0.717, 1.165) is 60.3 Å². The van der Waals surface area contributed by atoms with Gasteiger partial charge in [-0.15, -0.1) is 0 Å². The number of halogens is 1. The predicted octanol–water partition coefficient (Wildman–Crippen LogP) is 4.16. The number of ether oxygens (including phenoxy) is 1. The van der Waals surface area contributed by atoms with Gasteiger partial charge in [0.2, 0.25) is 5.91 Å². The van der Waals surface area contributed by atoms with Gasteiger partial charge in [-0.05, 0) is 36.2 Å². The van der Waals surface area contributed by atoms with Crippen LogP contribution < -0.4 is 10.9 Å². The summed E-state index contributed by atoms with van der Waals surface area (Å²) in [6.07, 6.45) is 1.66. The number of fused-ring (bicyclic) bond motifs is 2. The van der Waals surface area contributed by atoms with E-state index in [1.165, 1.54) is 0 Å². The zero-order chi connectivity index (χ0) is 23.7. The Morgan fingerprint density at radius 1 is 1.09 bits per heavy atom. The highest BCUT2D eigenvalue weighted by atomic mass is 35.5. The molecule has 4 aromatic rings. The minimum atomic E-state index is -0.503. The number of furan rings is 1. The molecule has 3 heterocycles. The molecule has 1 N–H and O–H groups in total. The lowest BCUT2D eigenvalue weighted by molar-refractivity contribution is -0.120. The fourth-order valence-electron chi connectivity index (χ4n) is 4.37. The summed E-state index contributed by atoms with van der Waals surface area (Å²) >= 11 is 6.03. The van der Waals surface area contributed by atoms with Gasteiger partial charge in [-0.1, -0.05) is 23.7 Å². The molecule has 34 heavy (non-hydrogen) atoms. The first kappa shape index (κ1) is 22.7. The van der Waals surface area contributed by atoms with E-state index in [1.54, 1.807) is 12.3 Å². The molecule has 1 amide bonds. The molecule has 176 valence electrons. The molecule has 0 atom stereocenters. The van der Waals surface area contributed by atoms with Crippen molar-refractivity contribution in [1.82, 2.24) is 10.2 Å². The Morgan fingerprint density at radius 2 is 1.85 bits per heavy atom. The Bertz CT molecular complexity index is 1400. The average molecular weight is 481 g/mol. The van der Waals surface area contributed by atoms with Crippen LogP contribution in [0.5, 0.6) is 0 Å². The lowest BCUT2D eigenvalue weighted by atomic mass is 9.99. The number of carbonyl (C=O) groups is 1. The van der Waals surface area contributed by atoms with Crippen LogP contribution in [0, 0.1) is 6.92 Å². The molecule has 7 nitrogen and oxygen atoms in total. The molecule has 0 radical (unpaired) electrons. The van der Waals surface area contributed by atoms with Crippen molar-refractivity contribution < 1.29 is 18.4 Å². The van der Waals surface area contributed by atoms with Crippen LogP contribution in [0.25, 0.3) is 33.1 Å². The van der Waals surface area contributed by atoms with E-state index in [9.17, 15) is 9.59 Å². The van der Waals surface area contributed by atoms with Gasteiger partial charge in [0.25, 0.3) is 0 Å². The van der Waals surface area contributed by atoms with E-state index in [4.69, 9.17) is 25.2 Å². The van der Waals surface area contributed by atoms with Crippen molar-refractivity contribution in [2.24, 2.45) is 0 Å². The second-order valence-electron chi connectivity index (χ2n) is 8.47. The van der Waals surface area contributed by atoms with Crippen LogP contribution in [0.15, 0.2) is 56.3 Å². The monoisotopic (exact) mass is 480 g/mol. The van der Waals surface area contributed by atoms with Crippen molar-refractivity contribution in [3.8, 4) is 11.1 Å². The van der Waals surface area contributed by atoms with Gasteiger partial charge in [-0.2, -0.15) is 0 Å². The highest BCUT2D eigenvalue weighted by molar-refractivity contribution is 6.30. The average Bonchev–Trinajstić information content (AvgIpc) is 3.25. The summed E-state index contributed by atoms with van der Waals surface area (Å²) in [6.45, 7) is 6.30. The van der Waals surface area contributed by atoms with E-state index >= 15 is 0 Å². The summed E-state index contributed by atoms with van der Waals surface area (Å²) in [6, 6.07) is 11.2. The maximum Gasteiger partial charge on any atom is 0.340 e. The largest absolute Gasteiger partial charge is 0.464 e. The van der Waals surface area contributed by atoms with Crippen LogP contribution >= 0.6 is 11.6 Å². The lowest BCUT2D eigenvalue weighted by Crippen LogP contribution is -2.41. The SMILES string of the molecule is Cc1c(CC(=O)NCCN2CCOCC2)c(=O)oc2cc3occ(-c4ccc(Cl)cc4)c3cc12. The number of aryl methyl sites for hydroxylation is 1. The second-order valence-corrected chi connectivity index (χ2v) is 8.91. The number of hydrogen-bond acceptors (Lipinski definition) is 6. The molecule has 5 rings (SSSR count). The third-order valence-electron chi connectivity index (χ3n) is 6.33. The van der Waals surface area contributed by atoms with E-state index in [-0.39, 0.29) is 12.3 Å². The van der Waals surface area contributed by atoms with Gasteiger partial charge in [0, 0.05) is 53.6 Å². The van der Waals surface area contributed by atoms with Crippen molar-refractivity contribution in [3.63, 3.8) is 0 Å². The van der Waals surface area contributed by atoms with E-state index in [1.807, 2.05) is 37.3 Å². The molecule has 1 fully saturated rings. The van der Waals surface area contributed by atoms with Crippen LogP contribution in [0.4, 0.5) is 0 Å². The molecule has 0 bridgehead atoms. The third-order valence-corrected chi connectivity index (χ3v) is 6.58. The van der Waals surface area contributed by atoms with Gasteiger partial charge in [0.1, 0.15) is 11.2 Å². The Balaban J connectivity index is 1.40. The number of hydrogen-bond donors (Lipinski definition) is 1. The zero-order valence-corrected chi connectivity index (χ0v) is 19.6. The van der Waals surface area contributed by atoms with Crippen molar-refractivity contribution in [3.05, 3.63) is 69.2 Å². The molecule has 0 aliphatic carbocycles. The van der Waals surface area contributed by atoms with Gasteiger partial charge in [-0.3, -0.25) is 9.69 Å². The Hall–Kier alpha value is -3.13. The fraction of sp³-hybridized carbons (Fsp3) is 0.308. The Kier molecular flexibility index (Phi) is 6.41.